The van der Waals surface area contributed by atoms with Crippen molar-refractivity contribution in [2.45, 2.75) is 26.7 Å². The molecule has 1 heterocycles. The van der Waals surface area contributed by atoms with Crippen LogP contribution in [-0.2, 0) is 4.79 Å². The molecule has 1 fully saturated rings. The molecule has 0 aliphatic carbocycles. The summed E-state index contributed by atoms with van der Waals surface area (Å²) in [5, 5.41) is 8.89. The Balaban J connectivity index is 0.000000261. The molecule has 0 radical (unpaired) electrons. The Morgan fingerprint density at radius 2 is 1.75 bits per heavy atom. The van der Waals surface area contributed by atoms with E-state index in [0.717, 1.165) is 6.92 Å². The van der Waals surface area contributed by atoms with Crippen LogP contribution in [0.15, 0.2) is 0 Å². The van der Waals surface area contributed by atoms with Crippen molar-refractivity contribution < 1.29 is 14.4 Å². The fourth-order valence-corrected chi connectivity index (χ4v) is 1.42. The normalized spacial score (nSPS) is 19.6. The van der Waals surface area contributed by atoms with Crippen LogP contribution in [0.3, 0.4) is 0 Å². The van der Waals surface area contributed by atoms with Gasteiger partial charge in [-0.05, 0) is 13.8 Å². The van der Waals surface area contributed by atoms with Gasteiger partial charge in [0, 0.05) is 18.8 Å². The van der Waals surface area contributed by atoms with Crippen molar-refractivity contribution in [2.75, 3.05) is 26.7 Å². The Kier molecular flexibility index (Phi) is 4.90. The monoisotopic (exact) mass is 173 g/mol. The Bertz CT molecular complexity index is 135. The summed E-state index contributed by atoms with van der Waals surface area (Å²) >= 11 is 0. The van der Waals surface area contributed by atoms with Gasteiger partial charge in [0.1, 0.15) is 0 Å². The van der Waals surface area contributed by atoms with E-state index in [2.05, 4.69) is 14.0 Å². The Hall–Kier alpha value is -0.570. The predicted octanol–water partition coefficient (Wildman–Crippen LogP) is 0.00290. The van der Waals surface area contributed by atoms with E-state index in [1.165, 1.54) is 37.0 Å². The van der Waals surface area contributed by atoms with E-state index in [0.29, 0.717) is 0 Å². The Labute approximate surface area is 74.6 Å². The number of hydrogen-bond donors (Lipinski definition) is 0. The van der Waals surface area contributed by atoms with Crippen molar-refractivity contribution in [3.63, 3.8) is 0 Å². The molecule has 1 aliphatic heterocycles. The molecule has 0 saturated carbocycles. The number of carbonyl (C=O) groups excluding carboxylic acids is 1. The summed E-state index contributed by atoms with van der Waals surface area (Å²) in [5.41, 5.74) is 0. The number of nitrogens with zero attached hydrogens (tertiary/aromatic N) is 1. The molecule has 72 valence electrons. The smallest absolute Gasteiger partial charge is 0.0786 e. The first kappa shape index (κ1) is 11.4. The third kappa shape index (κ3) is 5.13. The van der Waals surface area contributed by atoms with Gasteiger partial charge in [-0.3, -0.25) is 0 Å². The summed E-state index contributed by atoms with van der Waals surface area (Å²) in [5.74, 6) is -1.08. The van der Waals surface area contributed by atoms with Gasteiger partial charge in [-0.25, -0.2) is 0 Å². The zero-order valence-corrected chi connectivity index (χ0v) is 8.30. The van der Waals surface area contributed by atoms with Crippen molar-refractivity contribution in [1.29, 1.82) is 0 Å². The average Bonchev–Trinajstić information content (AvgIpc) is 2.36. The molecule has 0 aromatic heterocycles. The summed E-state index contributed by atoms with van der Waals surface area (Å²) in [6.07, 6.45) is 2.90. The number of carboxylic acid groups (broad SMARTS) is 1. The summed E-state index contributed by atoms with van der Waals surface area (Å²) < 4.78 is 1.32. The van der Waals surface area contributed by atoms with Crippen LogP contribution >= 0.6 is 0 Å². The first-order chi connectivity index (χ1) is 5.50. The molecular weight excluding hydrogens is 154 g/mol. The van der Waals surface area contributed by atoms with Gasteiger partial charge in [0.05, 0.1) is 26.7 Å². The van der Waals surface area contributed by atoms with Gasteiger partial charge in [0.2, 0.25) is 0 Å². The zero-order chi connectivity index (χ0) is 9.61. The maximum atomic E-state index is 8.89. The lowest BCUT2D eigenvalue weighted by atomic mass is 10.4. The number of quaternary nitrogens is 1. The third-order valence-electron chi connectivity index (χ3n) is 2.41. The van der Waals surface area contributed by atoms with E-state index in [1.807, 2.05) is 0 Å². The third-order valence-corrected chi connectivity index (χ3v) is 2.41. The maximum Gasteiger partial charge on any atom is 0.0786 e. The van der Waals surface area contributed by atoms with Crippen molar-refractivity contribution in [3.8, 4) is 0 Å². The highest BCUT2D eigenvalue weighted by Crippen LogP contribution is 2.14. The van der Waals surface area contributed by atoms with E-state index < -0.39 is 5.97 Å². The highest BCUT2D eigenvalue weighted by molar-refractivity contribution is 5.60. The quantitative estimate of drug-likeness (QED) is 0.524. The number of likely N-dealkylation sites (tertiary alicyclic amines) is 1. The van der Waals surface area contributed by atoms with Crippen LogP contribution in [0.2, 0.25) is 0 Å². The largest absolute Gasteiger partial charge is 0.550 e. The lowest BCUT2D eigenvalue weighted by molar-refractivity contribution is -0.895. The molecule has 0 spiro atoms. The molecule has 3 nitrogen and oxygen atoms in total. The molecule has 0 N–H and O–H groups in total. The zero-order valence-electron chi connectivity index (χ0n) is 8.30. The standard InChI is InChI=1S/C7H16N.C2H4O2/c1-3-8(2)6-4-5-7-8;1-2(3)4/h3-7H2,1-2H3;1H3,(H,3,4)/q+1;/p-1. The summed E-state index contributed by atoms with van der Waals surface area (Å²) in [7, 11) is 2.35. The van der Waals surface area contributed by atoms with Crippen LogP contribution < -0.4 is 5.11 Å². The van der Waals surface area contributed by atoms with E-state index >= 15 is 0 Å². The van der Waals surface area contributed by atoms with Gasteiger partial charge in [0.25, 0.3) is 0 Å². The molecule has 1 aliphatic rings. The number of carboxylic acids is 1. The SMILES string of the molecule is CC(=O)[O-].CC[N+]1(C)CCCC1. The maximum absolute atomic E-state index is 8.89. The Morgan fingerprint density at radius 1 is 1.42 bits per heavy atom. The lowest BCUT2D eigenvalue weighted by Gasteiger charge is -2.26. The predicted molar refractivity (Wildman–Crippen MR) is 46.4 cm³/mol. The number of aliphatic carboxylic acids is 1. The van der Waals surface area contributed by atoms with Crippen LogP contribution in [0, 0.1) is 0 Å². The van der Waals surface area contributed by atoms with Crippen LogP contribution in [0.25, 0.3) is 0 Å². The minimum absolute atomic E-state index is 0.972. The second-order valence-electron chi connectivity index (χ2n) is 3.58. The fraction of sp³-hybridized carbons (Fsp3) is 0.889. The van der Waals surface area contributed by atoms with Crippen LogP contribution in [-0.4, -0.2) is 37.1 Å². The van der Waals surface area contributed by atoms with Crippen molar-refractivity contribution in [1.82, 2.24) is 0 Å². The van der Waals surface area contributed by atoms with Crippen LogP contribution in [0.1, 0.15) is 26.7 Å². The summed E-state index contributed by atoms with van der Waals surface area (Å²) in [6.45, 7) is 7.40. The summed E-state index contributed by atoms with van der Waals surface area (Å²) in [4.78, 5) is 8.89. The lowest BCUT2D eigenvalue weighted by Crippen LogP contribution is -2.40. The van der Waals surface area contributed by atoms with Gasteiger partial charge in [-0.15, -0.1) is 0 Å². The average molecular weight is 173 g/mol. The summed E-state index contributed by atoms with van der Waals surface area (Å²) in [6, 6.07) is 0. The van der Waals surface area contributed by atoms with Crippen molar-refractivity contribution in [2.24, 2.45) is 0 Å². The second-order valence-corrected chi connectivity index (χ2v) is 3.58. The van der Waals surface area contributed by atoms with Crippen molar-refractivity contribution >= 4 is 5.97 Å². The van der Waals surface area contributed by atoms with Gasteiger partial charge >= 0.3 is 0 Å². The molecule has 1 rings (SSSR count). The molecule has 0 atom stereocenters. The molecule has 3 heteroatoms. The Morgan fingerprint density at radius 3 is 1.92 bits per heavy atom. The molecule has 1 saturated heterocycles. The van der Waals surface area contributed by atoms with Gasteiger partial charge in [0.15, 0.2) is 0 Å². The molecule has 0 aromatic carbocycles. The topological polar surface area (TPSA) is 40.1 Å². The van der Waals surface area contributed by atoms with Crippen LogP contribution in [0.4, 0.5) is 0 Å². The number of carbonyl (C=O) groups is 1. The molecule has 0 amide bonds. The van der Waals surface area contributed by atoms with E-state index in [4.69, 9.17) is 9.90 Å². The molecular formula is C9H19NO2. The van der Waals surface area contributed by atoms with Gasteiger partial charge in [-0.2, -0.15) is 0 Å². The minimum Gasteiger partial charge on any atom is -0.550 e. The number of hydrogen-bond acceptors (Lipinski definition) is 2. The van der Waals surface area contributed by atoms with Gasteiger partial charge in [-0.1, -0.05) is 0 Å². The molecule has 12 heavy (non-hydrogen) atoms. The molecule has 0 unspecified atom stereocenters. The van der Waals surface area contributed by atoms with Gasteiger partial charge < -0.3 is 14.4 Å². The van der Waals surface area contributed by atoms with E-state index in [1.54, 1.807) is 0 Å². The number of rotatable bonds is 1. The van der Waals surface area contributed by atoms with Crippen LogP contribution in [0.5, 0.6) is 0 Å². The second kappa shape index (κ2) is 5.14. The fourth-order valence-electron chi connectivity index (χ4n) is 1.42. The molecule has 0 bridgehead atoms. The first-order valence-corrected chi connectivity index (χ1v) is 4.51. The van der Waals surface area contributed by atoms with E-state index in [-0.39, 0.29) is 0 Å². The van der Waals surface area contributed by atoms with E-state index in [9.17, 15) is 0 Å². The highest BCUT2D eigenvalue weighted by atomic mass is 16.4. The first-order valence-electron chi connectivity index (χ1n) is 4.51. The van der Waals surface area contributed by atoms with Crippen molar-refractivity contribution in [3.05, 3.63) is 0 Å². The molecule has 0 aromatic rings. The minimum atomic E-state index is -1.08. The highest BCUT2D eigenvalue weighted by Gasteiger charge is 2.23.